The Labute approximate surface area is 270 Å². The van der Waals surface area contributed by atoms with Gasteiger partial charge in [-0.3, -0.25) is 9.59 Å². The lowest BCUT2D eigenvalue weighted by molar-refractivity contribution is -0.144. The Hall–Kier alpha value is -4.59. The maximum absolute atomic E-state index is 14.2. The predicted octanol–water partition coefficient (Wildman–Crippen LogP) is 6.36. The topological polar surface area (TPSA) is 82.5 Å². The van der Waals surface area contributed by atoms with E-state index in [2.05, 4.69) is 22.0 Å². The van der Waals surface area contributed by atoms with E-state index in [0.717, 1.165) is 58.5 Å². The summed E-state index contributed by atoms with van der Waals surface area (Å²) in [5.74, 6) is -0.226. The van der Waals surface area contributed by atoms with Gasteiger partial charge in [0.2, 0.25) is 0 Å². The summed E-state index contributed by atoms with van der Waals surface area (Å²) in [6, 6.07) is 36.3. The van der Waals surface area contributed by atoms with E-state index in [4.69, 9.17) is 14.5 Å². The fourth-order valence-corrected chi connectivity index (χ4v) is 6.72. The number of carbonyl (C=O) groups is 2. The lowest BCUT2D eigenvalue weighted by atomic mass is 9.75. The van der Waals surface area contributed by atoms with Gasteiger partial charge in [-0.15, -0.1) is 0 Å². The van der Waals surface area contributed by atoms with Gasteiger partial charge in [-0.05, 0) is 47.2 Å². The van der Waals surface area contributed by atoms with Crippen LogP contribution in [0.1, 0.15) is 52.9 Å². The van der Waals surface area contributed by atoms with Crippen molar-refractivity contribution >= 4 is 22.8 Å². The van der Waals surface area contributed by atoms with Crippen molar-refractivity contribution in [2.75, 3.05) is 20.3 Å². The third-order valence-corrected chi connectivity index (χ3v) is 9.19. The van der Waals surface area contributed by atoms with Crippen molar-refractivity contribution in [2.45, 2.75) is 43.7 Å². The lowest BCUT2D eigenvalue weighted by Crippen LogP contribution is -2.42. The number of para-hydroxylation sites is 2. The maximum atomic E-state index is 14.2. The van der Waals surface area contributed by atoms with Crippen molar-refractivity contribution in [3.8, 4) is 0 Å². The predicted molar refractivity (Wildman–Crippen MR) is 180 cm³/mol. The summed E-state index contributed by atoms with van der Waals surface area (Å²) >= 11 is 0. The number of benzene rings is 4. The Morgan fingerprint density at radius 3 is 2.15 bits per heavy atom. The molecule has 1 aliphatic rings. The highest BCUT2D eigenvalue weighted by Crippen LogP contribution is 2.36. The molecule has 2 heterocycles. The van der Waals surface area contributed by atoms with E-state index in [1.807, 2.05) is 104 Å². The Bertz CT molecular complexity index is 1720. The summed E-state index contributed by atoms with van der Waals surface area (Å²) in [5, 5.41) is 3.65. The number of rotatable bonds is 12. The molecule has 4 aromatic carbocycles. The van der Waals surface area contributed by atoms with Crippen LogP contribution in [0, 0.1) is 5.92 Å². The van der Waals surface area contributed by atoms with Crippen molar-refractivity contribution in [1.29, 1.82) is 0 Å². The minimum atomic E-state index is -0.573. The fraction of sp³-hybridized carbons (Fsp3) is 0.308. The minimum Gasteiger partial charge on any atom is -0.469 e. The van der Waals surface area contributed by atoms with Gasteiger partial charge in [0.05, 0.1) is 43.3 Å². The molecule has 0 spiro atoms. The average Bonchev–Trinajstić information content (AvgIpc) is 3.44. The summed E-state index contributed by atoms with van der Waals surface area (Å²) in [4.78, 5) is 31.7. The number of esters is 1. The number of fused-ring (bicyclic) bond motifs is 1. The van der Waals surface area contributed by atoms with E-state index in [-0.39, 0.29) is 42.7 Å². The number of ether oxygens (including phenoxy) is 2. The van der Waals surface area contributed by atoms with Gasteiger partial charge >= 0.3 is 5.97 Å². The largest absolute Gasteiger partial charge is 0.469 e. The molecule has 5 aromatic rings. The number of hydrogen-bond donors (Lipinski definition) is 1. The van der Waals surface area contributed by atoms with Crippen molar-refractivity contribution in [3.63, 3.8) is 0 Å². The quantitative estimate of drug-likeness (QED) is 0.165. The molecular weight excluding hydrogens is 574 g/mol. The Morgan fingerprint density at radius 2 is 1.52 bits per heavy atom. The second-order valence-corrected chi connectivity index (χ2v) is 12.1. The third-order valence-electron chi connectivity index (χ3n) is 9.19. The summed E-state index contributed by atoms with van der Waals surface area (Å²) in [7, 11) is 3.43. The number of Topliss-reactive ketones (excluding diaryl/α,β-unsaturated/α-hetero) is 1. The van der Waals surface area contributed by atoms with Crippen LogP contribution in [0.25, 0.3) is 11.0 Å². The molecule has 0 aliphatic carbocycles. The Balaban J connectivity index is 1.15. The van der Waals surface area contributed by atoms with Gasteiger partial charge in [-0.1, -0.05) is 97.1 Å². The number of carbonyl (C=O) groups excluding carboxylic acids is 2. The highest BCUT2D eigenvalue weighted by atomic mass is 16.5. The minimum absolute atomic E-state index is 0.0142. The van der Waals surface area contributed by atoms with Gasteiger partial charge in [-0.2, -0.15) is 0 Å². The number of nitrogens with one attached hydrogen (secondary N) is 1. The zero-order chi connectivity index (χ0) is 31.9. The van der Waals surface area contributed by atoms with Gasteiger partial charge in [0.1, 0.15) is 11.6 Å². The van der Waals surface area contributed by atoms with Gasteiger partial charge < -0.3 is 19.4 Å². The standard InChI is InChI=1S/C39H41N3O4/c1-42-35-20-12-11-19-33(35)41-39(42)34-26-46-31(25-40-34)22-21-27-13-9-10-18-30(27)23-36(43)32(24-37(44)45-2)38(28-14-5-3-6-15-28)29-16-7-4-8-17-29/h3-20,31-32,34,38,40H,21-26H2,1-2H3/t31-,32-,34+/m1/s1. The van der Waals surface area contributed by atoms with Gasteiger partial charge in [0, 0.05) is 31.8 Å². The number of nitrogens with zero attached hydrogens (tertiary/aromatic N) is 2. The van der Waals surface area contributed by atoms with Crippen LogP contribution in [-0.4, -0.2) is 47.7 Å². The van der Waals surface area contributed by atoms with E-state index in [0.29, 0.717) is 6.61 Å². The number of morpholine rings is 1. The van der Waals surface area contributed by atoms with E-state index < -0.39 is 5.92 Å². The first-order chi connectivity index (χ1) is 22.5. The van der Waals surface area contributed by atoms with Gasteiger partial charge in [-0.25, -0.2) is 4.98 Å². The summed E-state index contributed by atoms with van der Waals surface area (Å²) in [6.45, 7) is 1.28. The van der Waals surface area contributed by atoms with Crippen LogP contribution in [-0.2, 0) is 39.0 Å². The molecule has 46 heavy (non-hydrogen) atoms. The van der Waals surface area contributed by atoms with Crippen LogP contribution in [0.3, 0.4) is 0 Å². The van der Waals surface area contributed by atoms with Crippen molar-refractivity contribution in [2.24, 2.45) is 13.0 Å². The van der Waals surface area contributed by atoms with Gasteiger partial charge in [0.25, 0.3) is 0 Å². The number of aryl methyl sites for hydroxylation is 2. The molecule has 0 radical (unpaired) electrons. The summed E-state index contributed by atoms with van der Waals surface area (Å²) in [5.41, 5.74) is 6.22. The van der Waals surface area contributed by atoms with Crippen LogP contribution in [0.5, 0.6) is 0 Å². The van der Waals surface area contributed by atoms with Crippen LogP contribution in [0.2, 0.25) is 0 Å². The average molecular weight is 616 g/mol. The normalized spacial score (nSPS) is 17.2. The van der Waals surface area contributed by atoms with Crippen molar-refractivity contribution in [1.82, 2.24) is 14.9 Å². The molecule has 0 saturated carbocycles. The molecule has 6 rings (SSSR count). The second-order valence-electron chi connectivity index (χ2n) is 12.1. The first-order valence-electron chi connectivity index (χ1n) is 16.0. The van der Waals surface area contributed by atoms with Crippen molar-refractivity contribution < 1.29 is 19.1 Å². The molecule has 0 bridgehead atoms. The molecule has 7 nitrogen and oxygen atoms in total. The second kappa shape index (κ2) is 14.7. The molecule has 1 fully saturated rings. The number of imidazole rings is 1. The zero-order valence-corrected chi connectivity index (χ0v) is 26.5. The number of hydrogen-bond acceptors (Lipinski definition) is 6. The van der Waals surface area contributed by atoms with E-state index in [9.17, 15) is 9.59 Å². The molecule has 0 amide bonds. The van der Waals surface area contributed by atoms with E-state index >= 15 is 0 Å². The molecule has 1 saturated heterocycles. The van der Waals surface area contributed by atoms with Crippen molar-refractivity contribution in [3.05, 3.63) is 137 Å². The fourth-order valence-electron chi connectivity index (χ4n) is 6.72. The molecule has 1 aliphatic heterocycles. The van der Waals surface area contributed by atoms with Crippen LogP contribution in [0.15, 0.2) is 109 Å². The maximum Gasteiger partial charge on any atom is 0.306 e. The number of methoxy groups -OCH3 is 1. The Morgan fingerprint density at radius 1 is 0.891 bits per heavy atom. The highest BCUT2D eigenvalue weighted by molar-refractivity contribution is 5.88. The first-order valence-corrected chi connectivity index (χ1v) is 16.0. The molecule has 236 valence electrons. The molecule has 0 unspecified atom stereocenters. The summed E-state index contributed by atoms with van der Waals surface area (Å²) < 4.78 is 13.5. The smallest absolute Gasteiger partial charge is 0.306 e. The van der Waals surface area contributed by atoms with Crippen LogP contribution in [0.4, 0.5) is 0 Å². The number of ketones is 1. The van der Waals surface area contributed by atoms with Crippen LogP contribution >= 0.6 is 0 Å². The van der Waals surface area contributed by atoms with E-state index in [1.54, 1.807) is 0 Å². The van der Waals surface area contributed by atoms with E-state index in [1.165, 1.54) is 7.11 Å². The highest BCUT2D eigenvalue weighted by Gasteiger charge is 2.33. The lowest BCUT2D eigenvalue weighted by Gasteiger charge is -2.30. The Kier molecular flexibility index (Phi) is 10.0. The first kappa shape index (κ1) is 31.4. The third kappa shape index (κ3) is 7.11. The SMILES string of the molecule is COC(=O)C[C@H](C(=O)Cc1ccccc1CC[C@@H]1CN[C@H](c2nc3ccccc3n2C)CO1)C(c1ccccc1)c1ccccc1. The summed E-state index contributed by atoms with van der Waals surface area (Å²) in [6.07, 6.45) is 1.93. The molecule has 7 heteroatoms. The van der Waals surface area contributed by atoms with Crippen LogP contribution < -0.4 is 5.32 Å². The molecule has 3 atom stereocenters. The molecule has 1 aromatic heterocycles. The monoisotopic (exact) mass is 615 g/mol. The number of aromatic nitrogens is 2. The van der Waals surface area contributed by atoms with Gasteiger partial charge in [0.15, 0.2) is 0 Å². The molecular formula is C39H41N3O4. The zero-order valence-electron chi connectivity index (χ0n) is 26.5. The molecule has 1 N–H and O–H groups in total.